The standard InChI is InChI=1S/C19H23NO2/c1-14-5-3-4-6-16(14)19(2,13-20)12-15-7-8-17-18(11-15)22-10-9-21-17/h3-8,11H,9-10,12-13,20H2,1-2H3. The van der Waals surface area contributed by atoms with Crippen LogP contribution in [0.5, 0.6) is 11.5 Å². The van der Waals surface area contributed by atoms with Gasteiger partial charge in [-0.3, -0.25) is 0 Å². The minimum absolute atomic E-state index is 0.0882. The highest BCUT2D eigenvalue weighted by atomic mass is 16.6. The average Bonchev–Trinajstić information content (AvgIpc) is 2.55. The summed E-state index contributed by atoms with van der Waals surface area (Å²) in [6, 6.07) is 14.7. The van der Waals surface area contributed by atoms with Crippen molar-refractivity contribution in [1.82, 2.24) is 0 Å². The van der Waals surface area contributed by atoms with Crippen molar-refractivity contribution < 1.29 is 9.47 Å². The first-order chi connectivity index (χ1) is 10.6. The molecular weight excluding hydrogens is 274 g/mol. The zero-order chi connectivity index (χ0) is 15.6. The average molecular weight is 297 g/mol. The monoisotopic (exact) mass is 297 g/mol. The molecule has 0 aliphatic carbocycles. The highest BCUT2D eigenvalue weighted by Gasteiger charge is 2.27. The summed E-state index contributed by atoms with van der Waals surface area (Å²) < 4.78 is 11.3. The SMILES string of the molecule is Cc1ccccc1C(C)(CN)Cc1ccc2c(c1)OCCO2. The Hall–Kier alpha value is -2.00. The molecule has 2 aromatic carbocycles. The lowest BCUT2D eigenvalue weighted by atomic mass is 9.75. The molecule has 1 atom stereocenters. The van der Waals surface area contributed by atoms with Gasteiger partial charge >= 0.3 is 0 Å². The van der Waals surface area contributed by atoms with Gasteiger partial charge in [0.15, 0.2) is 11.5 Å². The quantitative estimate of drug-likeness (QED) is 0.942. The molecule has 1 aliphatic rings. The van der Waals surface area contributed by atoms with Crippen LogP contribution in [0.25, 0.3) is 0 Å². The molecule has 3 nitrogen and oxygen atoms in total. The lowest BCUT2D eigenvalue weighted by Crippen LogP contribution is -2.35. The number of benzene rings is 2. The van der Waals surface area contributed by atoms with Crippen LogP contribution < -0.4 is 15.2 Å². The topological polar surface area (TPSA) is 44.5 Å². The number of hydrogen-bond donors (Lipinski definition) is 1. The van der Waals surface area contributed by atoms with Crippen LogP contribution in [-0.4, -0.2) is 19.8 Å². The Morgan fingerprint density at radius 1 is 1.05 bits per heavy atom. The maximum absolute atomic E-state index is 6.14. The maximum atomic E-state index is 6.14. The molecule has 1 unspecified atom stereocenters. The van der Waals surface area contributed by atoms with Crippen molar-refractivity contribution in [2.45, 2.75) is 25.7 Å². The van der Waals surface area contributed by atoms with Gasteiger partial charge < -0.3 is 15.2 Å². The van der Waals surface area contributed by atoms with E-state index in [0.29, 0.717) is 19.8 Å². The Morgan fingerprint density at radius 2 is 1.77 bits per heavy atom. The van der Waals surface area contributed by atoms with Gasteiger partial charge in [0.05, 0.1) is 0 Å². The van der Waals surface area contributed by atoms with E-state index in [2.05, 4.69) is 50.2 Å². The summed E-state index contributed by atoms with van der Waals surface area (Å²) >= 11 is 0. The molecule has 2 aromatic rings. The van der Waals surface area contributed by atoms with Gasteiger partial charge in [-0.25, -0.2) is 0 Å². The van der Waals surface area contributed by atoms with Crippen LogP contribution in [0.15, 0.2) is 42.5 Å². The van der Waals surface area contributed by atoms with Crippen LogP contribution in [0, 0.1) is 6.92 Å². The van der Waals surface area contributed by atoms with Crippen LogP contribution >= 0.6 is 0 Å². The van der Waals surface area contributed by atoms with Crippen molar-refractivity contribution in [2.24, 2.45) is 5.73 Å². The first-order valence-electron chi connectivity index (χ1n) is 7.77. The molecule has 0 aromatic heterocycles. The molecule has 0 spiro atoms. The van der Waals surface area contributed by atoms with E-state index in [-0.39, 0.29) is 5.41 Å². The van der Waals surface area contributed by atoms with Gasteiger partial charge in [0.2, 0.25) is 0 Å². The fraction of sp³-hybridized carbons (Fsp3) is 0.368. The Morgan fingerprint density at radius 3 is 2.50 bits per heavy atom. The first kappa shape index (κ1) is 14.9. The van der Waals surface area contributed by atoms with E-state index in [1.807, 2.05) is 6.07 Å². The molecule has 2 N–H and O–H groups in total. The van der Waals surface area contributed by atoms with E-state index in [0.717, 1.165) is 17.9 Å². The highest BCUT2D eigenvalue weighted by Crippen LogP contribution is 2.35. The first-order valence-corrected chi connectivity index (χ1v) is 7.77. The normalized spacial score (nSPS) is 16.1. The minimum Gasteiger partial charge on any atom is -0.486 e. The summed E-state index contributed by atoms with van der Waals surface area (Å²) in [6.07, 6.45) is 0.880. The lowest BCUT2D eigenvalue weighted by molar-refractivity contribution is 0.171. The Labute approximate surface area is 132 Å². The Bertz CT molecular complexity index is 668. The summed E-state index contributed by atoms with van der Waals surface area (Å²) in [6.45, 7) is 6.21. The van der Waals surface area contributed by atoms with Gasteiger partial charge in [-0.15, -0.1) is 0 Å². The maximum Gasteiger partial charge on any atom is 0.161 e. The summed E-state index contributed by atoms with van der Waals surface area (Å²) in [4.78, 5) is 0. The van der Waals surface area contributed by atoms with Gasteiger partial charge in [-0.05, 0) is 42.2 Å². The lowest BCUT2D eigenvalue weighted by Gasteiger charge is -2.31. The number of fused-ring (bicyclic) bond motifs is 1. The highest BCUT2D eigenvalue weighted by molar-refractivity contribution is 5.45. The molecule has 0 fully saturated rings. The largest absolute Gasteiger partial charge is 0.486 e. The van der Waals surface area contributed by atoms with E-state index in [1.54, 1.807) is 0 Å². The van der Waals surface area contributed by atoms with Crippen molar-refractivity contribution in [1.29, 1.82) is 0 Å². The Kier molecular flexibility index (Phi) is 4.08. The summed E-state index contributed by atoms with van der Waals surface area (Å²) in [7, 11) is 0. The number of rotatable bonds is 4. The fourth-order valence-electron chi connectivity index (χ4n) is 3.18. The molecule has 0 saturated heterocycles. The van der Waals surface area contributed by atoms with Crippen molar-refractivity contribution in [3.05, 3.63) is 59.2 Å². The molecule has 0 amide bonds. The zero-order valence-electron chi connectivity index (χ0n) is 13.3. The van der Waals surface area contributed by atoms with Crippen LogP contribution in [0.1, 0.15) is 23.6 Å². The molecule has 1 aliphatic heterocycles. The zero-order valence-corrected chi connectivity index (χ0v) is 13.3. The molecule has 1 heterocycles. The summed E-state index contributed by atoms with van der Waals surface area (Å²) in [5.41, 5.74) is 9.87. The molecule has 3 heteroatoms. The number of hydrogen-bond acceptors (Lipinski definition) is 3. The third kappa shape index (κ3) is 2.81. The smallest absolute Gasteiger partial charge is 0.161 e. The third-order valence-electron chi connectivity index (χ3n) is 4.45. The van der Waals surface area contributed by atoms with Crippen molar-refractivity contribution in [2.75, 3.05) is 19.8 Å². The van der Waals surface area contributed by atoms with Crippen molar-refractivity contribution in [3.8, 4) is 11.5 Å². The van der Waals surface area contributed by atoms with Gasteiger partial charge in [0, 0.05) is 12.0 Å². The van der Waals surface area contributed by atoms with Gasteiger partial charge in [-0.1, -0.05) is 37.3 Å². The predicted octanol–water partition coefficient (Wildman–Crippen LogP) is 3.23. The summed E-state index contributed by atoms with van der Waals surface area (Å²) in [5.74, 6) is 1.67. The van der Waals surface area contributed by atoms with Crippen molar-refractivity contribution in [3.63, 3.8) is 0 Å². The van der Waals surface area contributed by atoms with Crippen LogP contribution in [-0.2, 0) is 11.8 Å². The van der Waals surface area contributed by atoms with Gasteiger partial charge in [0.1, 0.15) is 13.2 Å². The number of aryl methyl sites for hydroxylation is 1. The van der Waals surface area contributed by atoms with Crippen LogP contribution in [0.2, 0.25) is 0 Å². The fourth-order valence-corrected chi connectivity index (χ4v) is 3.18. The second-order valence-electron chi connectivity index (χ2n) is 6.23. The second kappa shape index (κ2) is 6.01. The molecule has 3 rings (SSSR count). The molecule has 0 bridgehead atoms. The predicted molar refractivity (Wildman–Crippen MR) is 88.7 cm³/mol. The Balaban J connectivity index is 1.91. The van der Waals surface area contributed by atoms with Crippen molar-refractivity contribution >= 4 is 0 Å². The van der Waals surface area contributed by atoms with E-state index in [4.69, 9.17) is 15.2 Å². The molecule has 0 saturated carbocycles. The molecule has 116 valence electrons. The van der Waals surface area contributed by atoms with Gasteiger partial charge in [0.25, 0.3) is 0 Å². The molecule has 0 radical (unpaired) electrons. The second-order valence-corrected chi connectivity index (χ2v) is 6.23. The van der Waals surface area contributed by atoms with E-state index < -0.39 is 0 Å². The van der Waals surface area contributed by atoms with Crippen LogP contribution in [0.4, 0.5) is 0 Å². The van der Waals surface area contributed by atoms with Gasteiger partial charge in [-0.2, -0.15) is 0 Å². The minimum atomic E-state index is -0.0882. The number of ether oxygens (including phenoxy) is 2. The van der Waals surface area contributed by atoms with Crippen LogP contribution in [0.3, 0.4) is 0 Å². The molecular formula is C19H23NO2. The molecule has 22 heavy (non-hydrogen) atoms. The van der Waals surface area contributed by atoms with E-state index in [1.165, 1.54) is 16.7 Å². The van der Waals surface area contributed by atoms with E-state index in [9.17, 15) is 0 Å². The summed E-state index contributed by atoms with van der Waals surface area (Å²) in [5, 5.41) is 0. The van der Waals surface area contributed by atoms with E-state index >= 15 is 0 Å². The third-order valence-corrected chi connectivity index (χ3v) is 4.45. The number of nitrogens with two attached hydrogens (primary N) is 1.